The van der Waals surface area contributed by atoms with Crippen LogP contribution in [0.5, 0.6) is 0 Å². The number of rotatable bonds is 9. The van der Waals surface area contributed by atoms with Gasteiger partial charge in [-0.3, -0.25) is 9.59 Å². The van der Waals surface area contributed by atoms with Gasteiger partial charge in [-0.25, -0.2) is 0 Å². The molecule has 2 amide bonds. The van der Waals surface area contributed by atoms with E-state index in [9.17, 15) is 14.7 Å². The Morgan fingerprint density at radius 2 is 2.03 bits per heavy atom. The first kappa shape index (κ1) is 21.8. The Hall–Kier alpha value is -1.92. The molecule has 1 saturated carbocycles. The Balaban J connectivity index is 1.46. The van der Waals surface area contributed by atoms with Gasteiger partial charge in [-0.05, 0) is 37.3 Å². The standard InChI is InChI=1S/C23H34N2O4/c1-2-19(26)16-25(18-10-4-3-5-11-18)22(27)13-8-14-29-21-15-17-9-6-7-12-20(17)24-23(21)28/h6-7,9,12,18-19,21,26H,2-5,8,10-11,13-16H2,1H3,(H,24,28). The third kappa shape index (κ3) is 6.03. The summed E-state index contributed by atoms with van der Waals surface area (Å²) in [5, 5.41) is 13.0. The minimum absolute atomic E-state index is 0.0893. The number of carbonyl (C=O) groups is 2. The third-order valence-corrected chi connectivity index (χ3v) is 6.04. The second-order valence-electron chi connectivity index (χ2n) is 8.21. The minimum Gasteiger partial charge on any atom is -0.391 e. The van der Waals surface area contributed by atoms with Crippen LogP contribution in [-0.2, 0) is 20.7 Å². The van der Waals surface area contributed by atoms with Crippen LogP contribution in [-0.4, -0.2) is 53.2 Å². The summed E-state index contributed by atoms with van der Waals surface area (Å²) in [4.78, 5) is 27.0. The van der Waals surface area contributed by atoms with E-state index >= 15 is 0 Å². The number of ether oxygens (including phenoxy) is 1. The number of carbonyl (C=O) groups excluding carboxylic acids is 2. The fourth-order valence-electron chi connectivity index (χ4n) is 4.26. The van der Waals surface area contributed by atoms with Crippen LogP contribution in [0.25, 0.3) is 0 Å². The van der Waals surface area contributed by atoms with E-state index < -0.39 is 12.2 Å². The average Bonchev–Trinajstić information content (AvgIpc) is 2.75. The molecule has 1 fully saturated rings. The Morgan fingerprint density at radius 1 is 1.28 bits per heavy atom. The van der Waals surface area contributed by atoms with E-state index in [1.807, 2.05) is 36.1 Å². The predicted octanol–water partition coefficient (Wildman–Crippen LogP) is 3.28. The van der Waals surface area contributed by atoms with Crippen molar-refractivity contribution in [1.29, 1.82) is 0 Å². The van der Waals surface area contributed by atoms with Crippen LogP contribution in [0.2, 0.25) is 0 Å². The van der Waals surface area contributed by atoms with Gasteiger partial charge in [-0.2, -0.15) is 0 Å². The summed E-state index contributed by atoms with van der Waals surface area (Å²) < 4.78 is 5.80. The van der Waals surface area contributed by atoms with Gasteiger partial charge < -0.3 is 20.1 Å². The minimum atomic E-state index is -0.503. The molecule has 0 bridgehead atoms. The summed E-state index contributed by atoms with van der Waals surface area (Å²) in [5.74, 6) is -0.0311. The van der Waals surface area contributed by atoms with Crippen LogP contribution in [0.4, 0.5) is 5.69 Å². The molecule has 2 aliphatic rings. The van der Waals surface area contributed by atoms with Gasteiger partial charge in [0, 0.05) is 37.7 Å². The van der Waals surface area contributed by atoms with E-state index in [2.05, 4.69) is 5.32 Å². The maximum atomic E-state index is 12.9. The van der Waals surface area contributed by atoms with Crippen molar-refractivity contribution < 1.29 is 19.4 Å². The molecule has 1 aromatic rings. The van der Waals surface area contributed by atoms with Crippen molar-refractivity contribution in [3.63, 3.8) is 0 Å². The van der Waals surface area contributed by atoms with Gasteiger partial charge in [0.1, 0.15) is 6.10 Å². The Kier molecular flexibility index (Phi) is 8.07. The maximum absolute atomic E-state index is 12.9. The number of nitrogens with one attached hydrogen (secondary N) is 1. The average molecular weight is 403 g/mol. The molecule has 0 radical (unpaired) electrons. The third-order valence-electron chi connectivity index (χ3n) is 6.04. The highest BCUT2D eigenvalue weighted by Crippen LogP contribution is 2.25. The zero-order chi connectivity index (χ0) is 20.6. The van der Waals surface area contributed by atoms with Gasteiger partial charge in [-0.1, -0.05) is 44.4 Å². The van der Waals surface area contributed by atoms with E-state index in [1.165, 1.54) is 6.42 Å². The summed E-state index contributed by atoms with van der Waals surface area (Å²) in [6.45, 7) is 2.74. The fraction of sp³-hybridized carbons (Fsp3) is 0.652. The first-order valence-electron chi connectivity index (χ1n) is 11.1. The topological polar surface area (TPSA) is 78.9 Å². The number of hydrogen-bond acceptors (Lipinski definition) is 4. The Labute approximate surface area is 173 Å². The molecule has 0 aromatic heterocycles. The number of amides is 2. The van der Waals surface area contributed by atoms with Gasteiger partial charge >= 0.3 is 0 Å². The van der Waals surface area contributed by atoms with Crippen molar-refractivity contribution in [3.05, 3.63) is 29.8 Å². The number of para-hydroxylation sites is 1. The van der Waals surface area contributed by atoms with Crippen molar-refractivity contribution in [2.75, 3.05) is 18.5 Å². The van der Waals surface area contributed by atoms with Gasteiger partial charge in [0.15, 0.2) is 0 Å². The normalized spacial score (nSPS) is 20.6. The Morgan fingerprint density at radius 3 is 2.79 bits per heavy atom. The van der Waals surface area contributed by atoms with E-state index in [-0.39, 0.29) is 17.9 Å². The van der Waals surface area contributed by atoms with E-state index in [0.717, 1.165) is 36.9 Å². The van der Waals surface area contributed by atoms with E-state index in [1.54, 1.807) is 0 Å². The second kappa shape index (κ2) is 10.7. The lowest BCUT2D eigenvalue weighted by Crippen LogP contribution is -2.45. The van der Waals surface area contributed by atoms with Crippen LogP contribution in [0, 0.1) is 0 Å². The smallest absolute Gasteiger partial charge is 0.253 e. The number of fused-ring (bicyclic) bond motifs is 1. The zero-order valence-electron chi connectivity index (χ0n) is 17.4. The molecule has 2 N–H and O–H groups in total. The molecular weight excluding hydrogens is 368 g/mol. The second-order valence-corrected chi connectivity index (χ2v) is 8.21. The largest absolute Gasteiger partial charge is 0.391 e. The van der Waals surface area contributed by atoms with Crippen molar-refractivity contribution in [2.45, 2.75) is 83.0 Å². The number of aliphatic hydroxyl groups excluding tert-OH is 1. The number of nitrogens with zero attached hydrogens (tertiary/aromatic N) is 1. The molecule has 2 atom stereocenters. The fourth-order valence-corrected chi connectivity index (χ4v) is 4.26. The lowest BCUT2D eigenvalue weighted by atomic mass is 9.93. The SMILES string of the molecule is CCC(O)CN(C(=O)CCCOC1Cc2ccccc2NC1=O)C1CCCCC1. The van der Waals surface area contributed by atoms with Crippen molar-refractivity contribution in [1.82, 2.24) is 4.90 Å². The first-order valence-corrected chi connectivity index (χ1v) is 11.1. The van der Waals surface area contributed by atoms with Crippen LogP contribution in [0.3, 0.4) is 0 Å². The molecule has 0 saturated heterocycles. The number of hydrogen-bond donors (Lipinski definition) is 2. The monoisotopic (exact) mass is 402 g/mol. The van der Waals surface area contributed by atoms with Gasteiger partial charge in [0.2, 0.25) is 5.91 Å². The summed E-state index contributed by atoms with van der Waals surface area (Å²) in [6.07, 6.45) is 6.80. The highest BCUT2D eigenvalue weighted by Gasteiger charge is 2.28. The molecule has 3 rings (SSSR count). The molecular formula is C23H34N2O4. The lowest BCUT2D eigenvalue weighted by Gasteiger charge is -2.35. The summed E-state index contributed by atoms with van der Waals surface area (Å²) in [7, 11) is 0. The highest BCUT2D eigenvalue weighted by atomic mass is 16.5. The molecule has 29 heavy (non-hydrogen) atoms. The van der Waals surface area contributed by atoms with Crippen molar-refractivity contribution >= 4 is 17.5 Å². The predicted molar refractivity (Wildman–Crippen MR) is 113 cm³/mol. The lowest BCUT2D eigenvalue weighted by molar-refractivity contribution is -0.136. The van der Waals surface area contributed by atoms with Crippen molar-refractivity contribution in [3.8, 4) is 0 Å². The maximum Gasteiger partial charge on any atom is 0.253 e. The zero-order valence-corrected chi connectivity index (χ0v) is 17.4. The summed E-state index contributed by atoms with van der Waals surface area (Å²) in [5.41, 5.74) is 1.93. The quantitative estimate of drug-likeness (QED) is 0.622. The van der Waals surface area contributed by atoms with Crippen LogP contribution >= 0.6 is 0 Å². The van der Waals surface area contributed by atoms with E-state index in [0.29, 0.717) is 38.8 Å². The van der Waals surface area contributed by atoms with Crippen LogP contribution < -0.4 is 5.32 Å². The van der Waals surface area contributed by atoms with Crippen LogP contribution in [0.1, 0.15) is 63.9 Å². The highest BCUT2D eigenvalue weighted by molar-refractivity contribution is 5.97. The molecule has 1 aliphatic heterocycles. The van der Waals surface area contributed by atoms with Gasteiger partial charge in [0.05, 0.1) is 6.10 Å². The molecule has 160 valence electrons. The first-order chi connectivity index (χ1) is 14.1. The molecule has 1 aromatic carbocycles. The van der Waals surface area contributed by atoms with Gasteiger partial charge in [-0.15, -0.1) is 0 Å². The van der Waals surface area contributed by atoms with Crippen molar-refractivity contribution in [2.24, 2.45) is 0 Å². The molecule has 6 nitrogen and oxygen atoms in total. The molecule has 6 heteroatoms. The summed E-state index contributed by atoms with van der Waals surface area (Å²) >= 11 is 0. The molecule has 1 heterocycles. The number of benzene rings is 1. The Bertz CT molecular complexity index is 687. The molecule has 1 aliphatic carbocycles. The van der Waals surface area contributed by atoms with E-state index in [4.69, 9.17) is 4.74 Å². The van der Waals surface area contributed by atoms with Gasteiger partial charge in [0.25, 0.3) is 5.91 Å². The molecule has 0 spiro atoms. The number of anilines is 1. The molecule has 2 unspecified atom stereocenters. The summed E-state index contributed by atoms with van der Waals surface area (Å²) in [6, 6.07) is 8.00. The number of aliphatic hydroxyl groups is 1. The van der Waals surface area contributed by atoms with Crippen LogP contribution in [0.15, 0.2) is 24.3 Å².